The Balaban J connectivity index is 1.30. The van der Waals surface area contributed by atoms with E-state index in [1.54, 1.807) is 61.7 Å². The van der Waals surface area contributed by atoms with E-state index >= 15 is 14.4 Å². The smallest absolute Gasteiger partial charge is 0.331 e. The monoisotopic (exact) mass is 1290 g/mol. The number of H-pyrrole nitrogens is 2. The average molecular weight is 1290 g/mol. The number of fused-ring (bicyclic) bond motifs is 4. The fraction of sp³-hybridized carbons (Fsp3) is 0.500. The second kappa shape index (κ2) is 30.6. The van der Waals surface area contributed by atoms with Gasteiger partial charge < -0.3 is 103 Å². The largest absolute Gasteiger partial charge is 0.480 e. The number of carbonyl (C=O) groups excluding carboxylic acids is 11. The van der Waals surface area contributed by atoms with E-state index in [4.69, 9.17) is 15.6 Å². The number of amides is 10. The quantitative estimate of drug-likeness (QED) is 0.0416. The molecule has 5 heterocycles. The zero-order chi connectivity index (χ0) is 67.6. The number of benzene rings is 2. The highest BCUT2D eigenvalue weighted by molar-refractivity contribution is 6.07. The van der Waals surface area contributed by atoms with Crippen LogP contribution in [0.25, 0.3) is 27.9 Å². The number of aromatic amines is 2. The number of hydrogen-bond acceptors (Lipinski definition) is 19. The summed E-state index contributed by atoms with van der Waals surface area (Å²) >= 11 is 0. The summed E-state index contributed by atoms with van der Waals surface area (Å²) in [7, 11) is 0. The standard InChI is InChI=1S/C60H79N13O19/c1-26(2)50(80)47-58(88)73-18-16-42(77)49(73)60(91)92-30(6)35(23-64-53(83)40(25-74)67-43(78)20-36(61)59(89)90)52(82)70-46(29(5)75)56(86)66-28(4)51(81)65-24-44(79)72-17-15-41(76)48(72)57(87)68-39(19-31-21-62-37-13-9-7-11-32(31)37)54(84)69-45(55(85)71-47)27(3)34-22-63-38-14-10-8-12-33(34)38/h7-14,19,21-22,26-30,35-36,40-42,45-50,62-63,74-77,80H,15-18,20,23-25,61H2,1-6H3,(H,64,83)(H,65,81)(H,66,86)(H,67,78)(H,68,87)(H,69,84)(H,70,82)(H,71,85)(H,89,90)/b39-19-/t27-,28+,29+,30+,35-,36-,40-,41-,42+,45+,46+,47-,48-,49+,50+/m1/s1. The van der Waals surface area contributed by atoms with Crippen LogP contribution in [-0.2, 0) is 62.3 Å². The summed E-state index contributed by atoms with van der Waals surface area (Å²) in [5, 5.41) is 85.2. The molecule has 498 valence electrons. The number of carboxylic acids is 1. The molecule has 18 N–H and O–H groups in total. The number of para-hydroxylation sites is 2. The summed E-state index contributed by atoms with van der Waals surface area (Å²) in [6.45, 7) is 4.63. The lowest BCUT2D eigenvalue weighted by Crippen LogP contribution is -2.62. The number of esters is 1. The fourth-order valence-electron chi connectivity index (χ4n) is 11.1. The van der Waals surface area contributed by atoms with Crippen LogP contribution < -0.4 is 48.3 Å². The Hall–Kier alpha value is -9.34. The zero-order valence-electron chi connectivity index (χ0n) is 51.2. The van der Waals surface area contributed by atoms with Crippen molar-refractivity contribution in [2.45, 2.75) is 146 Å². The highest BCUT2D eigenvalue weighted by atomic mass is 16.5. The molecule has 0 saturated carbocycles. The second-order valence-corrected chi connectivity index (χ2v) is 23.4. The number of carbonyl (C=O) groups is 12. The van der Waals surface area contributed by atoms with Crippen LogP contribution in [0.5, 0.6) is 0 Å². The van der Waals surface area contributed by atoms with Crippen molar-refractivity contribution in [3.63, 3.8) is 0 Å². The Labute approximate surface area is 526 Å². The number of nitrogens with two attached hydrogens (primary N) is 1. The van der Waals surface area contributed by atoms with E-state index in [9.17, 15) is 68.7 Å². The minimum absolute atomic E-state index is 0.145. The molecular formula is C60H79N13O19. The molecule has 4 aromatic rings. The first-order valence-electron chi connectivity index (χ1n) is 29.9. The molecule has 3 aliphatic rings. The Morgan fingerprint density at radius 3 is 1.98 bits per heavy atom. The topological polar surface area (TPSA) is 496 Å². The van der Waals surface area contributed by atoms with E-state index in [-0.39, 0.29) is 19.4 Å². The van der Waals surface area contributed by atoms with E-state index in [1.807, 2.05) is 0 Å². The molecule has 0 aliphatic carbocycles. The predicted molar refractivity (Wildman–Crippen MR) is 324 cm³/mol. The number of carboxylic acid groups (broad SMARTS) is 1. The van der Waals surface area contributed by atoms with E-state index in [2.05, 4.69) is 52.5 Å². The van der Waals surface area contributed by atoms with Crippen molar-refractivity contribution < 1.29 is 92.9 Å². The first-order valence-corrected chi connectivity index (χ1v) is 29.9. The number of aromatic nitrogens is 2. The first kappa shape index (κ1) is 70.1. The lowest BCUT2D eigenvalue weighted by atomic mass is 9.91. The van der Waals surface area contributed by atoms with Crippen LogP contribution in [0.4, 0.5) is 0 Å². The summed E-state index contributed by atoms with van der Waals surface area (Å²) in [5.74, 6) is -17.6. The van der Waals surface area contributed by atoms with Gasteiger partial charge in [-0.2, -0.15) is 0 Å². The number of hydrogen-bond donors (Lipinski definition) is 17. The van der Waals surface area contributed by atoms with E-state index < -0.39 is 206 Å². The summed E-state index contributed by atoms with van der Waals surface area (Å²) in [5.41, 5.74) is 7.02. The molecule has 92 heavy (non-hydrogen) atoms. The number of aliphatic hydroxyl groups excluding tert-OH is 5. The van der Waals surface area contributed by atoms with Gasteiger partial charge in [0.2, 0.25) is 53.2 Å². The minimum atomic E-state index is -1.96. The van der Waals surface area contributed by atoms with Crippen LogP contribution in [0.15, 0.2) is 66.6 Å². The van der Waals surface area contributed by atoms with Gasteiger partial charge in [0.15, 0.2) is 6.04 Å². The lowest BCUT2D eigenvalue weighted by Gasteiger charge is -2.35. The Kier molecular flexibility index (Phi) is 23.4. The summed E-state index contributed by atoms with van der Waals surface area (Å²) < 4.78 is 5.78. The van der Waals surface area contributed by atoms with E-state index in [0.29, 0.717) is 32.9 Å². The van der Waals surface area contributed by atoms with Gasteiger partial charge >= 0.3 is 11.9 Å². The molecule has 32 heteroatoms. The highest BCUT2D eigenvalue weighted by Crippen LogP contribution is 2.30. The van der Waals surface area contributed by atoms with Gasteiger partial charge in [-0.05, 0) is 63.3 Å². The van der Waals surface area contributed by atoms with Crippen molar-refractivity contribution >= 4 is 98.9 Å². The lowest BCUT2D eigenvalue weighted by molar-refractivity contribution is -0.165. The number of aliphatic carboxylic acids is 1. The maximum Gasteiger partial charge on any atom is 0.331 e. The number of nitrogens with zero attached hydrogens (tertiary/aromatic N) is 2. The number of rotatable bonds is 14. The van der Waals surface area contributed by atoms with Crippen molar-refractivity contribution in [1.82, 2.24) is 62.3 Å². The van der Waals surface area contributed by atoms with Crippen LogP contribution in [0.3, 0.4) is 0 Å². The maximum atomic E-state index is 15.3. The number of ether oxygens (including phenoxy) is 1. The van der Waals surface area contributed by atoms with Gasteiger partial charge in [-0.25, -0.2) is 4.79 Å². The van der Waals surface area contributed by atoms with Crippen LogP contribution in [0.1, 0.15) is 77.8 Å². The normalized spacial score (nSPS) is 26.8. The Morgan fingerprint density at radius 1 is 0.739 bits per heavy atom. The summed E-state index contributed by atoms with van der Waals surface area (Å²) in [6.07, 6.45) is -5.32. The van der Waals surface area contributed by atoms with Gasteiger partial charge in [0.25, 0.3) is 5.91 Å². The number of aliphatic hydroxyl groups is 5. The first-order chi connectivity index (χ1) is 43.5. The van der Waals surface area contributed by atoms with Gasteiger partial charge in [-0.3, -0.25) is 52.7 Å². The summed E-state index contributed by atoms with van der Waals surface area (Å²) in [6, 6.07) is -0.304. The number of nitrogens with one attached hydrogen (secondary N) is 10. The van der Waals surface area contributed by atoms with Gasteiger partial charge in [-0.15, -0.1) is 0 Å². The van der Waals surface area contributed by atoms with Crippen molar-refractivity contribution in [2.24, 2.45) is 17.6 Å². The average Bonchev–Trinajstić information content (AvgIpc) is 2.22. The molecule has 3 fully saturated rings. The number of cyclic esters (lactones) is 1. The third-order valence-electron chi connectivity index (χ3n) is 16.5. The molecule has 2 aromatic heterocycles. The van der Waals surface area contributed by atoms with Crippen LogP contribution in [-0.4, -0.2) is 233 Å². The zero-order valence-corrected chi connectivity index (χ0v) is 51.2. The SMILES string of the molecule is CC(C)[C@H](O)[C@H]1NC(=O)[C@H]([C@H](C)c2c[nH]c3ccccc23)NC(=O)/C(=C/c2c[nH]c3ccccc23)NC(=O)[C@H]2[C@H](O)CCN2C(=O)CNC(=O)[C@H](C)NC(=O)[C@H]([C@H](C)O)NC(=O)[C@H](CNC(=O)[C@@H](CO)NC(=O)C[C@@H](N)C(=O)O)[C@H](C)OC(=O)[C@@H]2[C@@H](O)CCN2C1=O. The van der Waals surface area contributed by atoms with Gasteiger partial charge in [-0.1, -0.05) is 57.2 Å². The van der Waals surface area contributed by atoms with Crippen LogP contribution in [0.2, 0.25) is 0 Å². The molecule has 3 saturated heterocycles. The van der Waals surface area contributed by atoms with Crippen LogP contribution in [0, 0.1) is 11.8 Å². The molecule has 0 radical (unpaired) electrons. The maximum absolute atomic E-state index is 15.3. The molecule has 2 aromatic carbocycles. The molecule has 0 unspecified atom stereocenters. The molecule has 32 nitrogen and oxygen atoms in total. The second-order valence-electron chi connectivity index (χ2n) is 23.4. The van der Waals surface area contributed by atoms with Crippen molar-refractivity contribution in [3.05, 3.63) is 77.7 Å². The molecule has 0 bridgehead atoms. The minimum Gasteiger partial charge on any atom is -0.480 e. The van der Waals surface area contributed by atoms with Crippen molar-refractivity contribution in [1.29, 1.82) is 0 Å². The Morgan fingerprint density at radius 2 is 1.34 bits per heavy atom. The highest BCUT2D eigenvalue weighted by Gasteiger charge is 2.49. The van der Waals surface area contributed by atoms with E-state index in [0.717, 1.165) is 23.6 Å². The Bertz CT molecular complexity index is 3480. The molecular weight excluding hydrogens is 1210 g/mol. The molecule has 0 spiro atoms. The molecule has 3 aliphatic heterocycles. The van der Waals surface area contributed by atoms with Gasteiger partial charge in [0.05, 0.1) is 49.9 Å². The predicted octanol–water partition coefficient (Wildman–Crippen LogP) is -4.74. The summed E-state index contributed by atoms with van der Waals surface area (Å²) in [4.78, 5) is 176. The van der Waals surface area contributed by atoms with Gasteiger partial charge in [0, 0.05) is 65.3 Å². The van der Waals surface area contributed by atoms with E-state index in [1.165, 1.54) is 33.0 Å². The molecule has 7 rings (SSSR count). The molecule has 15 atom stereocenters. The van der Waals surface area contributed by atoms with Gasteiger partial charge in [0.1, 0.15) is 54.1 Å². The third-order valence-corrected chi connectivity index (χ3v) is 16.5. The third kappa shape index (κ3) is 16.4. The fourth-order valence-corrected chi connectivity index (χ4v) is 11.1. The van der Waals surface area contributed by atoms with Crippen LogP contribution >= 0.6 is 0 Å². The van der Waals surface area contributed by atoms with Crippen molar-refractivity contribution in [3.8, 4) is 0 Å². The molecule has 10 amide bonds. The van der Waals surface area contributed by atoms with Crippen molar-refractivity contribution in [2.75, 3.05) is 32.8 Å².